The van der Waals surface area contributed by atoms with Crippen LogP contribution in [-0.2, 0) is 17.9 Å². The first-order chi connectivity index (χ1) is 9.08. The van der Waals surface area contributed by atoms with E-state index < -0.39 is 0 Å². The third kappa shape index (κ3) is 3.52. The summed E-state index contributed by atoms with van der Waals surface area (Å²) >= 11 is 0. The zero-order valence-electron chi connectivity index (χ0n) is 12.3. The van der Waals surface area contributed by atoms with Crippen molar-refractivity contribution in [3.8, 4) is 0 Å². The molecule has 1 fully saturated rings. The van der Waals surface area contributed by atoms with Crippen molar-refractivity contribution in [2.24, 2.45) is 11.7 Å². The molecular formula is C14H24Cl2N4O. The molecule has 21 heavy (non-hydrogen) atoms. The lowest BCUT2D eigenvalue weighted by Gasteiger charge is -2.40. The summed E-state index contributed by atoms with van der Waals surface area (Å²) < 4.78 is 2.12. The van der Waals surface area contributed by atoms with Crippen LogP contribution in [-0.4, -0.2) is 32.4 Å². The van der Waals surface area contributed by atoms with E-state index in [1.54, 1.807) is 6.20 Å². The van der Waals surface area contributed by atoms with Crippen molar-refractivity contribution in [1.29, 1.82) is 0 Å². The molecule has 7 heteroatoms. The number of imidazole rings is 1. The number of rotatable bonds is 1. The molecule has 1 saturated carbocycles. The molecule has 0 spiro atoms. The molecule has 1 aromatic rings. The molecule has 1 aromatic heterocycles. The largest absolute Gasteiger partial charge is 0.333 e. The summed E-state index contributed by atoms with van der Waals surface area (Å²) in [6.45, 7) is 4.27. The molecule has 1 aliphatic heterocycles. The van der Waals surface area contributed by atoms with Crippen LogP contribution in [0.3, 0.4) is 0 Å². The number of aromatic nitrogens is 2. The zero-order valence-corrected chi connectivity index (χ0v) is 14.0. The van der Waals surface area contributed by atoms with E-state index in [1.165, 1.54) is 0 Å². The van der Waals surface area contributed by atoms with Gasteiger partial charge in [0.15, 0.2) is 0 Å². The van der Waals surface area contributed by atoms with Crippen molar-refractivity contribution in [2.75, 3.05) is 6.54 Å². The number of carbonyl (C=O) groups excluding carboxylic acids is 1. The van der Waals surface area contributed by atoms with E-state index in [1.807, 2.05) is 18.0 Å². The summed E-state index contributed by atoms with van der Waals surface area (Å²) in [5.74, 6) is 1.18. The predicted molar refractivity (Wildman–Crippen MR) is 86.7 cm³/mol. The van der Waals surface area contributed by atoms with Crippen LogP contribution in [0, 0.1) is 5.92 Å². The topological polar surface area (TPSA) is 64.2 Å². The minimum Gasteiger partial charge on any atom is -0.333 e. The quantitative estimate of drug-likeness (QED) is 0.853. The lowest BCUT2D eigenvalue weighted by molar-refractivity contribution is -0.140. The average Bonchev–Trinajstić information content (AvgIpc) is 2.84. The molecule has 1 amide bonds. The Morgan fingerprint density at radius 1 is 1.38 bits per heavy atom. The first-order valence-corrected chi connectivity index (χ1v) is 7.15. The second-order valence-corrected chi connectivity index (χ2v) is 6.10. The minimum absolute atomic E-state index is 0. The van der Waals surface area contributed by atoms with Gasteiger partial charge in [0.25, 0.3) is 0 Å². The Morgan fingerprint density at radius 2 is 2.14 bits per heavy atom. The number of amides is 1. The molecule has 2 heterocycles. The van der Waals surface area contributed by atoms with Crippen molar-refractivity contribution in [2.45, 2.75) is 51.2 Å². The van der Waals surface area contributed by atoms with Crippen molar-refractivity contribution < 1.29 is 4.79 Å². The molecule has 3 rings (SSSR count). The van der Waals surface area contributed by atoms with Gasteiger partial charge in [0, 0.05) is 31.0 Å². The standard InChI is InChI=1S/C14H22N4O.2ClH/c1-14(15)5-3-2-4-11(14)13(19)18-9-8-17-7-6-16-12(17)10-18;;/h6-7,11H,2-5,8-10,15H2,1H3;2*1H. The van der Waals surface area contributed by atoms with E-state index in [4.69, 9.17) is 5.73 Å². The summed E-state index contributed by atoms with van der Waals surface area (Å²) in [7, 11) is 0. The maximum absolute atomic E-state index is 12.7. The molecule has 0 bridgehead atoms. The minimum atomic E-state index is -0.345. The van der Waals surface area contributed by atoms with Gasteiger partial charge < -0.3 is 15.2 Å². The van der Waals surface area contributed by atoms with Crippen LogP contribution in [0.2, 0.25) is 0 Å². The highest BCUT2D eigenvalue weighted by atomic mass is 35.5. The molecule has 2 N–H and O–H groups in total. The Bertz CT molecular complexity index is 489. The number of carbonyl (C=O) groups is 1. The monoisotopic (exact) mass is 334 g/mol. The molecule has 0 aromatic carbocycles. The van der Waals surface area contributed by atoms with Crippen molar-refractivity contribution in [3.63, 3.8) is 0 Å². The van der Waals surface area contributed by atoms with Gasteiger partial charge in [-0.05, 0) is 19.8 Å². The lowest BCUT2D eigenvalue weighted by Crippen LogP contribution is -2.54. The number of nitrogens with zero attached hydrogens (tertiary/aromatic N) is 3. The highest BCUT2D eigenvalue weighted by Crippen LogP contribution is 2.33. The number of halogens is 2. The molecule has 0 radical (unpaired) electrons. The van der Waals surface area contributed by atoms with E-state index in [-0.39, 0.29) is 42.2 Å². The Balaban J connectivity index is 0.00000110. The van der Waals surface area contributed by atoms with Gasteiger partial charge in [-0.15, -0.1) is 24.8 Å². The fourth-order valence-corrected chi connectivity index (χ4v) is 3.35. The van der Waals surface area contributed by atoms with Gasteiger partial charge in [0.2, 0.25) is 5.91 Å². The van der Waals surface area contributed by atoms with Gasteiger partial charge in [-0.1, -0.05) is 12.8 Å². The van der Waals surface area contributed by atoms with Gasteiger partial charge in [0.1, 0.15) is 5.82 Å². The summed E-state index contributed by atoms with van der Waals surface area (Å²) in [6.07, 6.45) is 7.91. The van der Waals surface area contributed by atoms with Crippen molar-refractivity contribution in [1.82, 2.24) is 14.5 Å². The highest BCUT2D eigenvalue weighted by molar-refractivity contribution is 5.85. The van der Waals surface area contributed by atoms with Crippen LogP contribution >= 0.6 is 24.8 Å². The number of hydrogen-bond acceptors (Lipinski definition) is 3. The molecule has 5 nitrogen and oxygen atoms in total. The fourth-order valence-electron chi connectivity index (χ4n) is 3.35. The highest BCUT2D eigenvalue weighted by Gasteiger charge is 2.40. The number of fused-ring (bicyclic) bond motifs is 1. The summed E-state index contributed by atoms with van der Waals surface area (Å²) in [5, 5.41) is 0. The Morgan fingerprint density at radius 3 is 2.86 bits per heavy atom. The maximum atomic E-state index is 12.7. The van der Waals surface area contributed by atoms with Gasteiger partial charge in [-0.25, -0.2) is 4.98 Å². The van der Waals surface area contributed by atoms with E-state index in [9.17, 15) is 4.79 Å². The molecule has 0 saturated heterocycles. The zero-order chi connectivity index (χ0) is 13.5. The summed E-state index contributed by atoms with van der Waals surface area (Å²) in [5.41, 5.74) is 5.99. The maximum Gasteiger partial charge on any atom is 0.227 e. The second-order valence-electron chi connectivity index (χ2n) is 6.10. The normalized spacial score (nSPS) is 28.1. The van der Waals surface area contributed by atoms with Gasteiger partial charge in [0.05, 0.1) is 12.5 Å². The molecule has 2 aliphatic rings. The van der Waals surface area contributed by atoms with E-state index >= 15 is 0 Å². The van der Waals surface area contributed by atoms with Crippen LogP contribution in [0.25, 0.3) is 0 Å². The van der Waals surface area contributed by atoms with Crippen molar-refractivity contribution in [3.05, 3.63) is 18.2 Å². The Kier molecular flexibility index (Phi) is 6.08. The van der Waals surface area contributed by atoms with Crippen LogP contribution in [0.1, 0.15) is 38.4 Å². The van der Waals surface area contributed by atoms with Crippen LogP contribution in [0.5, 0.6) is 0 Å². The van der Waals surface area contributed by atoms with Crippen LogP contribution in [0.15, 0.2) is 12.4 Å². The van der Waals surface area contributed by atoms with E-state index in [0.717, 1.165) is 44.6 Å². The average molecular weight is 335 g/mol. The fraction of sp³-hybridized carbons (Fsp3) is 0.714. The number of hydrogen-bond donors (Lipinski definition) is 1. The molecule has 1 aliphatic carbocycles. The van der Waals surface area contributed by atoms with Gasteiger partial charge >= 0.3 is 0 Å². The SMILES string of the molecule is CC1(N)CCCCC1C(=O)N1CCn2ccnc2C1.Cl.Cl. The van der Waals surface area contributed by atoms with Crippen molar-refractivity contribution >= 4 is 30.7 Å². The molecule has 120 valence electrons. The first-order valence-electron chi connectivity index (χ1n) is 7.15. The van der Waals surface area contributed by atoms with E-state index in [0.29, 0.717) is 6.54 Å². The smallest absolute Gasteiger partial charge is 0.227 e. The second kappa shape index (κ2) is 6.99. The van der Waals surface area contributed by atoms with E-state index in [2.05, 4.69) is 9.55 Å². The molecule has 2 atom stereocenters. The molecule has 2 unspecified atom stereocenters. The van der Waals surface area contributed by atoms with Gasteiger partial charge in [-0.3, -0.25) is 4.79 Å². The lowest BCUT2D eigenvalue weighted by atomic mass is 9.74. The predicted octanol–water partition coefficient (Wildman–Crippen LogP) is 1.98. The van der Waals surface area contributed by atoms with Crippen LogP contribution < -0.4 is 5.73 Å². The van der Waals surface area contributed by atoms with Crippen LogP contribution in [0.4, 0.5) is 0 Å². The summed E-state index contributed by atoms with van der Waals surface area (Å²) in [4.78, 5) is 19.0. The number of nitrogens with two attached hydrogens (primary N) is 1. The third-order valence-corrected chi connectivity index (χ3v) is 4.61. The summed E-state index contributed by atoms with van der Waals surface area (Å²) in [6, 6.07) is 0. The first kappa shape index (κ1) is 18.3. The Labute approximate surface area is 138 Å². The molecular weight excluding hydrogens is 311 g/mol. The Hall–Kier alpha value is -0.780. The third-order valence-electron chi connectivity index (χ3n) is 4.61. The van der Waals surface area contributed by atoms with Gasteiger partial charge in [-0.2, -0.15) is 0 Å².